The molecule has 5 heterocycles. The average Bonchev–Trinajstić information content (AvgIpc) is 3.57. The van der Waals surface area contributed by atoms with Crippen molar-refractivity contribution in [2.24, 2.45) is 0 Å². The molecule has 37 heavy (non-hydrogen) atoms. The second-order valence-electron chi connectivity index (χ2n) is 9.24. The first kappa shape index (κ1) is 22.9. The number of hydrogen-bond donors (Lipinski definition) is 1. The Morgan fingerprint density at radius 3 is 2.57 bits per heavy atom. The van der Waals surface area contributed by atoms with E-state index in [4.69, 9.17) is 0 Å². The van der Waals surface area contributed by atoms with Crippen molar-refractivity contribution in [2.45, 2.75) is 6.92 Å². The fraction of sp³-hybridized carbons (Fsp3) is 0.222. The third-order valence-electron chi connectivity index (χ3n) is 6.60. The van der Waals surface area contributed by atoms with E-state index < -0.39 is 0 Å². The highest BCUT2D eigenvalue weighted by Gasteiger charge is 2.19. The molecule has 10 nitrogen and oxygen atoms in total. The maximum atomic E-state index is 13.3. The van der Waals surface area contributed by atoms with Crippen LogP contribution < -0.4 is 10.2 Å². The first-order chi connectivity index (χ1) is 18.0. The van der Waals surface area contributed by atoms with Crippen LogP contribution in [0.1, 0.15) is 16.2 Å². The van der Waals surface area contributed by atoms with Gasteiger partial charge in [0.25, 0.3) is 5.91 Å². The summed E-state index contributed by atoms with van der Waals surface area (Å²) in [5.41, 5.74) is 5.33. The van der Waals surface area contributed by atoms with Gasteiger partial charge in [-0.05, 0) is 68.6 Å². The van der Waals surface area contributed by atoms with Crippen molar-refractivity contribution in [3.05, 3.63) is 84.6 Å². The minimum absolute atomic E-state index is 0.290. The lowest BCUT2D eigenvalue weighted by Gasteiger charge is -2.34. The summed E-state index contributed by atoms with van der Waals surface area (Å²) in [6, 6.07) is 19.3. The predicted molar refractivity (Wildman–Crippen MR) is 142 cm³/mol. The van der Waals surface area contributed by atoms with Crippen LogP contribution in [0.3, 0.4) is 0 Å². The summed E-state index contributed by atoms with van der Waals surface area (Å²) >= 11 is 0. The molecule has 1 amide bonds. The number of piperazine rings is 1. The van der Waals surface area contributed by atoms with Crippen molar-refractivity contribution in [3.8, 4) is 17.1 Å². The van der Waals surface area contributed by atoms with Crippen LogP contribution >= 0.6 is 0 Å². The average molecular weight is 494 g/mol. The van der Waals surface area contributed by atoms with Crippen molar-refractivity contribution in [1.29, 1.82) is 0 Å². The zero-order valence-corrected chi connectivity index (χ0v) is 20.7. The Balaban J connectivity index is 1.29. The summed E-state index contributed by atoms with van der Waals surface area (Å²) in [7, 11) is 2.14. The highest BCUT2D eigenvalue weighted by atomic mass is 16.2. The molecule has 1 fully saturated rings. The summed E-state index contributed by atoms with van der Waals surface area (Å²) in [6.45, 7) is 6.01. The Hall–Kier alpha value is -4.57. The van der Waals surface area contributed by atoms with E-state index in [1.165, 1.54) is 6.33 Å². The quantitative estimate of drug-likeness (QED) is 0.401. The standard InChI is InChI=1S/C27H27N9O/c1-19-4-3-5-26(30-19)36-24(20-6-11-25-28-18-29-35(25)17-20)16-23(32-36)27(37)31-21-7-9-22(10-8-21)34-14-12-33(2)13-15-34/h3-11,16-18H,12-15H2,1-2H3,(H,31,37). The van der Waals surface area contributed by atoms with Gasteiger partial charge in [-0.3, -0.25) is 4.79 Å². The second kappa shape index (κ2) is 9.47. The number of nitrogens with zero attached hydrogens (tertiary/aromatic N) is 8. The van der Waals surface area contributed by atoms with E-state index in [0.29, 0.717) is 11.5 Å². The molecule has 1 aromatic carbocycles. The van der Waals surface area contributed by atoms with Crippen LogP contribution in [0.25, 0.3) is 22.7 Å². The van der Waals surface area contributed by atoms with Crippen LogP contribution in [0.15, 0.2) is 73.2 Å². The summed E-state index contributed by atoms with van der Waals surface area (Å²) in [6.07, 6.45) is 3.37. The van der Waals surface area contributed by atoms with E-state index in [1.54, 1.807) is 15.3 Å². The summed E-state index contributed by atoms with van der Waals surface area (Å²) in [4.78, 5) is 26.8. The van der Waals surface area contributed by atoms with Crippen LogP contribution in [0.2, 0.25) is 0 Å². The smallest absolute Gasteiger partial charge is 0.276 e. The zero-order chi connectivity index (χ0) is 25.4. The van der Waals surface area contributed by atoms with Gasteiger partial charge < -0.3 is 15.1 Å². The van der Waals surface area contributed by atoms with Gasteiger partial charge in [0.1, 0.15) is 6.33 Å². The first-order valence-corrected chi connectivity index (χ1v) is 12.2. The van der Waals surface area contributed by atoms with E-state index in [1.807, 2.05) is 55.6 Å². The molecule has 1 aliphatic rings. The maximum Gasteiger partial charge on any atom is 0.276 e. The molecule has 1 N–H and O–H groups in total. The number of aryl methyl sites for hydroxylation is 1. The van der Waals surface area contributed by atoms with Crippen molar-refractivity contribution in [2.75, 3.05) is 43.4 Å². The van der Waals surface area contributed by atoms with Gasteiger partial charge >= 0.3 is 0 Å². The van der Waals surface area contributed by atoms with Crippen molar-refractivity contribution in [1.82, 2.24) is 34.3 Å². The lowest BCUT2D eigenvalue weighted by atomic mass is 10.2. The Kier molecular flexibility index (Phi) is 5.85. The monoisotopic (exact) mass is 493 g/mol. The molecular formula is C27H27N9O. The summed E-state index contributed by atoms with van der Waals surface area (Å²) < 4.78 is 3.38. The van der Waals surface area contributed by atoms with Gasteiger partial charge in [-0.2, -0.15) is 10.2 Å². The molecule has 0 radical (unpaired) electrons. The lowest BCUT2D eigenvalue weighted by molar-refractivity contribution is 0.102. The molecule has 10 heteroatoms. The Labute approximate surface area is 214 Å². The van der Waals surface area contributed by atoms with Gasteiger partial charge in [-0.15, -0.1) is 0 Å². The number of carbonyl (C=O) groups is 1. The molecule has 0 atom stereocenters. The maximum absolute atomic E-state index is 13.3. The van der Waals surface area contributed by atoms with Crippen LogP contribution in [0.5, 0.6) is 0 Å². The third kappa shape index (κ3) is 4.66. The number of carbonyl (C=O) groups excluding carboxylic acids is 1. The number of benzene rings is 1. The number of amides is 1. The number of rotatable bonds is 5. The van der Waals surface area contributed by atoms with Crippen LogP contribution in [-0.2, 0) is 0 Å². The molecule has 6 rings (SSSR count). The second-order valence-corrected chi connectivity index (χ2v) is 9.24. The predicted octanol–water partition coefficient (Wildman–Crippen LogP) is 3.29. The van der Waals surface area contributed by atoms with E-state index in [2.05, 4.69) is 54.5 Å². The molecule has 0 spiro atoms. The third-order valence-corrected chi connectivity index (χ3v) is 6.60. The highest BCUT2D eigenvalue weighted by molar-refractivity contribution is 6.03. The Morgan fingerprint density at radius 2 is 1.78 bits per heavy atom. The molecular weight excluding hydrogens is 466 g/mol. The van der Waals surface area contributed by atoms with Crippen molar-refractivity contribution in [3.63, 3.8) is 0 Å². The largest absolute Gasteiger partial charge is 0.369 e. The minimum atomic E-state index is -0.290. The van der Waals surface area contributed by atoms with Crippen LogP contribution in [-0.4, -0.2) is 73.4 Å². The number of nitrogens with one attached hydrogen (secondary N) is 1. The molecule has 0 saturated carbocycles. The number of aromatic nitrogens is 6. The molecule has 0 aliphatic carbocycles. The number of anilines is 2. The van der Waals surface area contributed by atoms with E-state index in [9.17, 15) is 4.79 Å². The number of fused-ring (bicyclic) bond motifs is 1. The number of pyridine rings is 2. The van der Waals surface area contributed by atoms with Crippen LogP contribution in [0.4, 0.5) is 11.4 Å². The SMILES string of the molecule is Cc1cccc(-n2nc(C(=O)Nc3ccc(N4CCN(C)CC4)cc3)cc2-c2ccc3ncnn3c2)n1. The minimum Gasteiger partial charge on any atom is -0.369 e. The summed E-state index contributed by atoms with van der Waals surface area (Å²) in [5.74, 6) is 0.339. The van der Waals surface area contributed by atoms with Crippen molar-refractivity contribution >= 4 is 22.9 Å². The van der Waals surface area contributed by atoms with E-state index in [-0.39, 0.29) is 5.91 Å². The molecule has 0 bridgehead atoms. The lowest BCUT2D eigenvalue weighted by Crippen LogP contribution is -2.44. The van der Waals surface area contributed by atoms with Gasteiger partial charge in [-0.25, -0.2) is 19.2 Å². The van der Waals surface area contributed by atoms with Gasteiger partial charge in [-0.1, -0.05) is 6.07 Å². The molecule has 4 aromatic heterocycles. The fourth-order valence-electron chi connectivity index (χ4n) is 4.50. The van der Waals surface area contributed by atoms with Crippen LogP contribution in [0, 0.1) is 6.92 Å². The van der Waals surface area contributed by atoms with Gasteiger partial charge in [0.2, 0.25) is 0 Å². The number of likely N-dealkylation sites (N-methyl/N-ethyl adjacent to an activating group) is 1. The van der Waals surface area contributed by atoms with Gasteiger partial charge in [0.05, 0.1) is 5.69 Å². The van der Waals surface area contributed by atoms with Gasteiger partial charge in [0.15, 0.2) is 17.2 Å². The topological polar surface area (TPSA) is 96.5 Å². The number of hydrogen-bond acceptors (Lipinski definition) is 7. The normalized spacial score (nSPS) is 14.3. The molecule has 0 unspecified atom stereocenters. The molecule has 186 valence electrons. The van der Waals surface area contributed by atoms with E-state index in [0.717, 1.165) is 60.2 Å². The Morgan fingerprint density at radius 1 is 0.973 bits per heavy atom. The fourth-order valence-corrected chi connectivity index (χ4v) is 4.50. The summed E-state index contributed by atoms with van der Waals surface area (Å²) in [5, 5.41) is 11.9. The molecule has 1 aliphatic heterocycles. The van der Waals surface area contributed by atoms with Crippen molar-refractivity contribution < 1.29 is 4.79 Å². The molecule has 5 aromatic rings. The van der Waals surface area contributed by atoms with Gasteiger partial charge in [0, 0.05) is 55.0 Å². The highest BCUT2D eigenvalue weighted by Crippen LogP contribution is 2.25. The first-order valence-electron chi connectivity index (χ1n) is 12.2. The zero-order valence-electron chi connectivity index (χ0n) is 20.7. The Bertz CT molecular complexity index is 1560. The molecule has 1 saturated heterocycles. The van der Waals surface area contributed by atoms with E-state index >= 15 is 0 Å².